The Morgan fingerprint density at radius 1 is 1.22 bits per heavy atom. The highest BCUT2D eigenvalue weighted by atomic mass is 32.1. The number of hydrogen-bond donors (Lipinski definition) is 0. The third-order valence-electron chi connectivity index (χ3n) is 2.72. The van der Waals surface area contributed by atoms with Gasteiger partial charge in [-0.1, -0.05) is 12.1 Å². The van der Waals surface area contributed by atoms with Crippen LogP contribution in [0.4, 0.5) is 0 Å². The highest BCUT2D eigenvalue weighted by Gasteiger charge is 2.17. The molecule has 2 aromatic rings. The predicted octanol–water partition coefficient (Wildman–Crippen LogP) is 3.99. The van der Waals surface area contributed by atoms with Crippen molar-refractivity contribution < 1.29 is 9.53 Å². The average Bonchev–Trinajstić information content (AvgIpc) is 2.69. The Labute approximate surface area is 111 Å². The van der Waals surface area contributed by atoms with Crippen LogP contribution < -0.4 is 4.74 Å². The second kappa shape index (κ2) is 5.36. The minimum absolute atomic E-state index is 0.0425. The molecule has 0 spiro atoms. The molecule has 0 N–H and O–H groups in total. The Morgan fingerprint density at radius 3 is 2.56 bits per heavy atom. The zero-order valence-corrected chi connectivity index (χ0v) is 11.6. The molecule has 0 aliphatic heterocycles. The SMILES string of the molecule is CCOc1ccccc1C(=O)c1cc(C)sc1C. The van der Waals surface area contributed by atoms with E-state index in [0.717, 1.165) is 15.3 Å². The van der Waals surface area contributed by atoms with Gasteiger partial charge in [0.25, 0.3) is 0 Å². The lowest BCUT2D eigenvalue weighted by Gasteiger charge is -2.08. The molecule has 0 saturated carbocycles. The molecule has 1 aromatic carbocycles. The summed E-state index contributed by atoms with van der Waals surface area (Å²) >= 11 is 1.65. The summed E-state index contributed by atoms with van der Waals surface area (Å²) < 4.78 is 5.51. The van der Waals surface area contributed by atoms with Crippen LogP contribution in [0.25, 0.3) is 0 Å². The van der Waals surface area contributed by atoms with Crippen LogP contribution in [0.1, 0.15) is 32.6 Å². The highest BCUT2D eigenvalue weighted by molar-refractivity contribution is 7.12. The third-order valence-corrected chi connectivity index (χ3v) is 3.68. The van der Waals surface area contributed by atoms with Crippen molar-refractivity contribution in [2.75, 3.05) is 6.61 Å². The van der Waals surface area contributed by atoms with E-state index in [2.05, 4.69) is 0 Å². The molecule has 3 heteroatoms. The lowest BCUT2D eigenvalue weighted by atomic mass is 10.0. The molecule has 0 aliphatic rings. The van der Waals surface area contributed by atoms with Crippen molar-refractivity contribution in [2.24, 2.45) is 0 Å². The second-order valence-corrected chi connectivity index (χ2v) is 5.55. The van der Waals surface area contributed by atoms with Crippen LogP contribution in [0.15, 0.2) is 30.3 Å². The Bertz CT molecular complexity index is 570. The molecule has 1 heterocycles. The Morgan fingerprint density at radius 2 is 1.94 bits per heavy atom. The molecule has 1 aromatic heterocycles. The van der Waals surface area contributed by atoms with Crippen LogP contribution >= 0.6 is 11.3 Å². The molecule has 0 atom stereocenters. The number of benzene rings is 1. The summed E-state index contributed by atoms with van der Waals surface area (Å²) in [6.45, 7) is 6.48. The van der Waals surface area contributed by atoms with Gasteiger partial charge >= 0.3 is 0 Å². The molecule has 0 fully saturated rings. The van der Waals surface area contributed by atoms with Gasteiger partial charge < -0.3 is 4.74 Å². The molecule has 18 heavy (non-hydrogen) atoms. The van der Waals surface area contributed by atoms with Gasteiger partial charge in [0.05, 0.1) is 12.2 Å². The number of ether oxygens (including phenoxy) is 1. The maximum Gasteiger partial charge on any atom is 0.197 e. The van der Waals surface area contributed by atoms with E-state index in [4.69, 9.17) is 4.74 Å². The van der Waals surface area contributed by atoms with E-state index in [1.54, 1.807) is 11.3 Å². The van der Waals surface area contributed by atoms with Crippen molar-refractivity contribution >= 4 is 17.1 Å². The van der Waals surface area contributed by atoms with Crippen LogP contribution in [0.3, 0.4) is 0 Å². The van der Waals surface area contributed by atoms with Crippen LogP contribution in [-0.4, -0.2) is 12.4 Å². The van der Waals surface area contributed by atoms with E-state index in [-0.39, 0.29) is 5.78 Å². The zero-order valence-electron chi connectivity index (χ0n) is 10.8. The summed E-state index contributed by atoms with van der Waals surface area (Å²) in [6.07, 6.45) is 0. The van der Waals surface area contributed by atoms with Crippen molar-refractivity contribution in [3.63, 3.8) is 0 Å². The number of rotatable bonds is 4. The molecular formula is C15H16O2S. The first-order valence-electron chi connectivity index (χ1n) is 5.97. The van der Waals surface area contributed by atoms with Gasteiger partial charge in [0, 0.05) is 15.3 Å². The van der Waals surface area contributed by atoms with Gasteiger partial charge in [-0.15, -0.1) is 11.3 Å². The van der Waals surface area contributed by atoms with Gasteiger partial charge in [-0.25, -0.2) is 0 Å². The molecule has 0 saturated heterocycles. The maximum atomic E-state index is 12.5. The van der Waals surface area contributed by atoms with E-state index >= 15 is 0 Å². The molecule has 2 rings (SSSR count). The number of carbonyl (C=O) groups is 1. The van der Waals surface area contributed by atoms with Crippen molar-refractivity contribution in [1.29, 1.82) is 0 Å². The number of ketones is 1. The highest BCUT2D eigenvalue weighted by Crippen LogP contribution is 2.27. The summed E-state index contributed by atoms with van der Waals surface area (Å²) in [5, 5.41) is 0. The average molecular weight is 260 g/mol. The van der Waals surface area contributed by atoms with Gasteiger partial charge in [-0.3, -0.25) is 4.79 Å². The van der Waals surface area contributed by atoms with Crippen LogP contribution in [0.5, 0.6) is 5.75 Å². The van der Waals surface area contributed by atoms with Crippen molar-refractivity contribution in [1.82, 2.24) is 0 Å². The fraction of sp³-hybridized carbons (Fsp3) is 0.267. The van der Waals surface area contributed by atoms with Crippen molar-refractivity contribution in [2.45, 2.75) is 20.8 Å². The summed E-state index contributed by atoms with van der Waals surface area (Å²) in [6, 6.07) is 9.36. The molecule has 0 unspecified atom stereocenters. The topological polar surface area (TPSA) is 26.3 Å². The summed E-state index contributed by atoms with van der Waals surface area (Å²) in [4.78, 5) is 14.7. The predicted molar refractivity (Wildman–Crippen MR) is 74.8 cm³/mol. The van der Waals surface area contributed by atoms with Crippen LogP contribution in [0, 0.1) is 13.8 Å². The number of carbonyl (C=O) groups excluding carboxylic acids is 1. The van der Waals surface area contributed by atoms with Gasteiger partial charge in [0.15, 0.2) is 5.78 Å². The van der Waals surface area contributed by atoms with E-state index in [1.165, 1.54) is 0 Å². The van der Waals surface area contributed by atoms with Crippen LogP contribution in [0.2, 0.25) is 0 Å². The van der Waals surface area contributed by atoms with Gasteiger partial charge in [0.1, 0.15) is 5.75 Å². The first kappa shape index (κ1) is 12.8. The Kier molecular flexibility index (Phi) is 3.82. The molecule has 0 aliphatic carbocycles. The minimum Gasteiger partial charge on any atom is -0.493 e. The standard InChI is InChI=1S/C15H16O2S/c1-4-17-14-8-6-5-7-12(14)15(16)13-9-10(2)18-11(13)3/h5-9H,4H2,1-3H3. The monoisotopic (exact) mass is 260 g/mol. The quantitative estimate of drug-likeness (QED) is 0.777. The van der Waals surface area contributed by atoms with E-state index in [1.807, 2.05) is 51.1 Å². The summed E-state index contributed by atoms with van der Waals surface area (Å²) in [5.74, 6) is 0.703. The molecule has 0 amide bonds. The van der Waals surface area contributed by atoms with Crippen molar-refractivity contribution in [3.05, 3.63) is 51.2 Å². The third kappa shape index (κ3) is 2.46. The first-order chi connectivity index (χ1) is 8.63. The fourth-order valence-corrected chi connectivity index (χ4v) is 2.86. The smallest absolute Gasteiger partial charge is 0.197 e. The fourth-order valence-electron chi connectivity index (χ4n) is 1.94. The molecule has 0 radical (unpaired) electrons. The number of aryl methyl sites for hydroxylation is 2. The summed E-state index contributed by atoms with van der Waals surface area (Å²) in [5.41, 5.74) is 1.42. The number of hydrogen-bond acceptors (Lipinski definition) is 3. The normalized spacial score (nSPS) is 10.4. The second-order valence-electron chi connectivity index (χ2n) is 4.09. The van der Waals surface area contributed by atoms with Gasteiger partial charge in [-0.2, -0.15) is 0 Å². The molecule has 94 valence electrons. The number of para-hydroxylation sites is 1. The Balaban J connectivity index is 2.43. The van der Waals surface area contributed by atoms with E-state index in [9.17, 15) is 4.79 Å². The summed E-state index contributed by atoms with van der Waals surface area (Å²) in [7, 11) is 0. The van der Waals surface area contributed by atoms with Gasteiger partial charge in [0.2, 0.25) is 0 Å². The molecule has 0 bridgehead atoms. The van der Waals surface area contributed by atoms with E-state index < -0.39 is 0 Å². The van der Waals surface area contributed by atoms with Gasteiger partial charge in [-0.05, 0) is 39.0 Å². The number of thiophene rings is 1. The lowest BCUT2D eigenvalue weighted by Crippen LogP contribution is -2.05. The largest absolute Gasteiger partial charge is 0.493 e. The molecule has 2 nitrogen and oxygen atoms in total. The van der Waals surface area contributed by atoms with E-state index in [0.29, 0.717) is 17.9 Å². The minimum atomic E-state index is 0.0425. The lowest BCUT2D eigenvalue weighted by molar-refractivity contribution is 0.103. The molecular weight excluding hydrogens is 244 g/mol. The Hall–Kier alpha value is -1.61. The van der Waals surface area contributed by atoms with Crippen LogP contribution in [-0.2, 0) is 0 Å². The first-order valence-corrected chi connectivity index (χ1v) is 6.78. The maximum absolute atomic E-state index is 12.5. The van der Waals surface area contributed by atoms with Crippen molar-refractivity contribution in [3.8, 4) is 5.75 Å². The zero-order chi connectivity index (χ0) is 13.1.